The van der Waals surface area contributed by atoms with Gasteiger partial charge in [-0.15, -0.1) is 0 Å². The van der Waals surface area contributed by atoms with Crippen molar-refractivity contribution in [2.45, 2.75) is 58.8 Å². The van der Waals surface area contributed by atoms with Gasteiger partial charge in [0.2, 0.25) is 0 Å². The first-order valence-corrected chi connectivity index (χ1v) is 8.80. The van der Waals surface area contributed by atoms with Crippen LogP contribution < -0.4 is 16.1 Å². The van der Waals surface area contributed by atoms with E-state index in [0.29, 0.717) is 13.1 Å². The molecule has 134 valence electrons. The van der Waals surface area contributed by atoms with Gasteiger partial charge in [0.05, 0.1) is 0 Å². The lowest BCUT2D eigenvalue weighted by Crippen LogP contribution is -2.28. The highest BCUT2D eigenvalue weighted by Crippen LogP contribution is 2.05. The minimum Gasteiger partial charge on any atom is -0.445 e. The maximum absolute atomic E-state index is 12.0. The topological polar surface area (TPSA) is 88.4 Å². The molecule has 0 radical (unpaired) electrons. The quantitative estimate of drug-likeness (QED) is 0.608. The number of carbonyl (C=O) groups excluding carboxylic acids is 2. The molecule has 0 aliphatic rings. The van der Waals surface area contributed by atoms with E-state index >= 15 is 0 Å². The highest BCUT2D eigenvalue weighted by molar-refractivity contribution is 5.94. The van der Waals surface area contributed by atoms with Gasteiger partial charge in [0.15, 0.2) is 16.9 Å². The molecule has 1 aromatic rings. The Morgan fingerprint density at radius 2 is 1.38 bits per heavy atom. The smallest absolute Gasteiger partial charge is 0.287 e. The average Bonchev–Trinajstić information content (AvgIpc) is 2.58. The number of carbonyl (C=O) groups is 2. The first-order valence-electron chi connectivity index (χ1n) is 8.80. The fraction of sp³-hybridized carbons (Fsp3) is 0.611. The lowest BCUT2D eigenvalue weighted by atomic mass is 10.1. The Kier molecular flexibility index (Phi) is 9.49. The lowest BCUT2D eigenvalue weighted by Gasteiger charge is -2.06. The third-order valence-corrected chi connectivity index (χ3v) is 3.57. The first kappa shape index (κ1) is 19.9. The minimum absolute atomic E-state index is 0.130. The molecule has 1 aromatic heterocycles. The monoisotopic (exact) mass is 336 g/mol. The van der Waals surface area contributed by atoms with Crippen molar-refractivity contribution in [1.29, 1.82) is 0 Å². The minimum atomic E-state index is -0.487. The van der Waals surface area contributed by atoms with E-state index in [9.17, 15) is 14.4 Å². The second kappa shape index (κ2) is 11.4. The largest absolute Gasteiger partial charge is 0.445 e. The van der Waals surface area contributed by atoms with Crippen LogP contribution in [0.3, 0.4) is 0 Å². The summed E-state index contributed by atoms with van der Waals surface area (Å²) in [6, 6.07) is 2.20. The molecule has 6 nitrogen and oxygen atoms in total. The van der Waals surface area contributed by atoms with Crippen molar-refractivity contribution in [3.8, 4) is 0 Å². The van der Waals surface area contributed by atoms with Crippen LogP contribution in [0.15, 0.2) is 21.3 Å². The van der Waals surface area contributed by atoms with E-state index in [-0.39, 0.29) is 11.5 Å². The Morgan fingerprint density at radius 3 is 1.96 bits per heavy atom. The Balaban J connectivity index is 2.50. The zero-order valence-corrected chi connectivity index (χ0v) is 14.7. The van der Waals surface area contributed by atoms with Crippen molar-refractivity contribution in [3.63, 3.8) is 0 Å². The van der Waals surface area contributed by atoms with Gasteiger partial charge < -0.3 is 15.1 Å². The summed E-state index contributed by atoms with van der Waals surface area (Å²) in [6.07, 6.45) is 7.54. The predicted molar refractivity (Wildman–Crippen MR) is 93.3 cm³/mol. The molecular formula is C18H28N2O4. The van der Waals surface area contributed by atoms with Crippen molar-refractivity contribution in [1.82, 2.24) is 10.6 Å². The van der Waals surface area contributed by atoms with Gasteiger partial charge in [-0.2, -0.15) is 0 Å². The molecule has 0 unspecified atom stereocenters. The third kappa shape index (κ3) is 7.44. The first-order chi connectivity index (χ1) is 11.6. The number of amides is 2. The van der Waals surface area contributed by atoms with Crippen LogP contribution in [0.5, 0.6) is 0 Å². The molecule has 2 amide bonds. The summed E-state index contributed by atoms with van der Waals surface area (Å²) < 4.78 is 5.26. The summed E-state index contributed by atoms with van der Waals surface area (Å²) in [6.45, 7) is 5.10. The molecule has 0 aliphatic carbocycles. The van der Waals surface area contributed by atoms with Gasteiger partial charge in [-0.05, 0) is 12.8 Å². The molecule has 0 fully saturated rings. The highest BCUT2D eigenvalue weighted by atomic mass is 16.4. The van der Waals surface area contributed by atoms with Gasteiger partial charge in [0, 0.05) is 25.2 Å². The molecular weight excluding hydrogens is 308 g/mol. The SMILES string of the molecule is CCCCCCCCNC(=O)c1cc(=O)cc(C(=O)NCCC)o1. The van der Waals surface area contributed by atoms with Crippen LogP contribution in [0.25, 0.3) is 0 Å². The zero-order valence-electron chi connectivity index (χ0n) is 14.7. The van der Waals surface area contributed by atoms with Gasteiger partial charge in [-0.1, -0.05) is 46.0 Å². The molecule has 6 heteroatoms. The number of hydrogen-bond acceptors (Lipinski definition) is 4. The van der Waals surface area contributed by atoms with Gasteiger partial charge in [0.1, 0.15) is 0 Å². The van der Waals surface area contributed by atoms with Crippen LogP contribution in [0.4, 0.5) is 0 Å². The van der Waals surface area contributed by atoms with Crippen LogP contribution in [0, 0.1) is 0 Å². The maximum Gasteiger partial charge on any atom is 0.287 e. The summed E-state index contributed by atoms with van der Waals surface area (Å²) in [5, 5.41) is 5.34. The second-order valence-corrected chi connectivity index (χ2v) is 5.80. The van der Waals surface area contributed by atoms with E-state index in [1.54, 1.807) is 0 Å². The Labute approximate surface area is 143 Å². The predicted octanol–water partition coefficient (Wildman–Crippen LogP) is 2.87. The van der Waals surface area contributed by atoms with Crippen molar-refractivity contribution in [2.75, 3.05) is 13.1 Å². The molecule has 0 saturated carbocycles. The van der Waals surface area contributed by atoms with Gasteiger partial charge >= 0.3 is 0 Å². The molecule has 2 N–H and O–H groups in total. The van der Waals surface area contributed by atoms with Crippen LogP contribution >= 0.6 is 0 Å². The molecule has 0 saturated heterocycles. The van der Waals surface area contributed by atoms with Gasteiger partial charge in [-0.3, -0.25) is 14.4 Å². The fourth-order valence-electron chi connectivity index (χ4n) is 2.22. The molecule has 1 heterocycles. The number of hydrogen-bond donors (Lipinski definition) is 2. The van der Waals surface area contributed by atoms with E-state index in [4.69, 9.17) is 4.42 Å². The van der Waals surface area contributed by atoms with E-state index in [1.165, 1.54) is 19.3 Å². The van der Waals surface area contributed by atoms with Crippen molar-refractivity contribution in [2.24, 2.45) is 0 Å². The maximum atomic E-state index is 12.0. The molecule has 24 heavy (non-hydrogen) atoms. The van der Waals surface area contributed by atoms with Gasteiger partial charge in [-0.25, -0.2) is 0 Å². The summed E-state index contributed by atoms with van der Waals surface area (Å²) in [5.74, 6) is -1.22. The fourth-order valence-corrected chi connectivity index (χ4v) is 2.22. The van der Waals surface area contributed by atoms with Crippen LogP contribution in [-0.4, -0.2) is 24.9 Å². The molecule has 0 aromatic carbocycles. The summed E-state index contributed by atoms with van der Waals surface area (Å²) in [5.41, 5.74) is -0.424. The Bertz CT molecular complexity index is 581. The normalized spacial score (nSPS) is 10.4. The average molecular weight is 336 g/mol. The summed E-state index contributed by atoms with van der Waals surface area (Å²) >= 11 is 0. The van der Waals surface area contributed by atoms with Crippen molar-refractivity contribution in [3.05, 3.63) is 33.9 Å². The van der Waals surface area contributed by atoms with E-state index < -0.39 is 17.2 Å². The van der Waals surface area contributed by atoms with Crippen LogP contribution in [0.2, 0.25) is 0 Å². The standard InChI is InChI=1S/C18H28N2O4/c1-3-5-6-7-8-9-11-20-18(23)16-13-14(21)12-15(24-16)17(22)19-10-4-2/h12-13H,3-11H2,1-2H3,(H,19,22)(H,20,23). The Morgan fingerprint density at radius 1 is 0.833 bits per heavy atom. The Hall–Kier alpha value is -2.11. The van der Waals surface area contributed by atoms with Crippen molar-refractivity contribution >= 4 is 11.8 Å². The molecule has 0 aliphatic heterocycles. The summed E-state index contributed by atoms with van der Waals surface area (Å²) in [4.78, 5) is 35.5. The van der Waals surface area contributed by atoms with E-state index in [2.05, 4.69) is 17.6 Å². The molecule has 0 bridgehead atoms. The molecule has 1 rings (SSSR count). The van der Waals surface area contributed by atoms with Crippen LogP contribution in [0.1, 0.15) is 79.9 Å². The van der Waals surface area contributed by atoms with Gasteiger partial charge in [0.25, 0.3) is 11.8 Å². The van der Waals surface area contributed by atoms with Crippen LogP contribution in [-0.2, 0) is 0 Å². The number of rotatable bonds is 11. The van der Waals surface area contributed by atoms with Crippen molar-refractivity contribution < 1.29 is 14.0 Å². The van der Waals surface area contributed by atoms with E-state index in [0.717, 1.165) is 37.8 Å². The molecule has 0 atom stereocenters. The molecule has 0 spiro atoms. The zero-order chi connectivity index (χ0) is 17.8. The number of nitrogens with one attached hydrogen (secondary N) is 2. The highest BCUT2D eigenvalue weighted by Gasteiger charge is 2.14. The summed E-state index contributed by atoms with van der Waals surface area (Å²) in [7, 11) is 0. The lowest BCUT2D eigenvalue weighted by molar-refractivity contribution is 0.0893. The third-order valence-electron chi connectivity index (χ3n) is 3.57. The second-order valence-electron chi connectivity index (χ2n) is 5.80. The van der Waals surface area contributed by atoms with E-state index in [1.807, 2.05) is 6.92 Å². The number of unbranched alkanes of at least 4 members (excludes halogenated alkanes) is 5.